The van der Waals surface area contributed by atoms with Gasteiger partial charge in [0, 0.05) is 16.4 Å². The van der Waals surface area contributed by atoms with Crippen molar-refractivity contribution in [2.75, 3.05) is 11.1 Å². The van der Waals surface area contributed by atoms with Gasteiger partial charge in [-0.25, -0.2) is 0 Å². The summed E-state index contributed by atoms with van der Waals surface area (Å²) in [7, 11) is 0. The van der Waals surface area contributed by atoms with Gasteiger partial charge < -0.3 is 11.1 Å². The van der Waals surface area contributed by atoms with Crippen LogP contribution in [0, 0.1) is 6.92 Å². The van der Waals surface area contributed by atoms with E-state index in [1.807, 2.05) is 13.0 Å². The molecule has 0 saturated heterocycles. The summed E-state index contributed by atoms with van der Waals surface area (Å²) in [6.45, 7) is 1.92. The zero-order valence-electron chi connectivity index (χ0n) is 9.77. The number of amides is 1. The van der Waals surface area contributed by atoms with Gasteiger partial charge in [-0.15, -0.1) is 0 Å². The van der Waals surface area contributed by atoms with Crippen molar-refractivity contribution in [3.05, 3.63) is 52.3 Å². The van der Waals surface area contributed by atoms with Crippen molar-refractivity contribution in [2.24, 2.45) is 0 Å². The molecular weight excluding hydrogens is 294 g/mol. The molecule has 0 aliphatic heterocycles. The van der Waals surface area contributed by atoms with Crippen molar-refractivity contribution in [3.8, 4) is 0 Å². The highest BCUT2D eigenvalue weighted by Gasteiger charge is 2.10. The lowest BCUT2D eigenvalue weighted by Gasteiger charge is -2.07. The Morgan fingerprint density at radius 1 is 1.33 bits per heavy atom. The van der Waals surface area contributed by atoms with E-state index < -0.39 is 0 Å². The van der Waals surface area contributed by atoms with Crippen LogP contribution in [0.15, 0.2) is 41.1 Å². The van der Waals surface area contributed by atoms with Gasteiger partial charge in [-0.3, -0.25) is 9.78 Å². The molecule has 0 aliphatic carbocycles. The third-order valence-corrected chi connectivity index (χ3v) is 3.06. The predicted octanol–water partition coefficient (Wildman–Crippen LogP) is 2.99. The van der Waals surface area contributed by atoms with Crippen LogP contribution >= 0.6 is 15.9 Å². The first-order valence-corrected chi connectivity index (χ1v) is 6.13. The number of nitrogens with two attached hydrogens (primary N) is 1. The summed E-state index contributed by atoms with van der Waals surface area (Å²) in [6.07, 6.45) is 3.33. The highest BCUT2D eigenvalue weighted by Crippen LogP contribution is 2.21. The Balaban J connectivity index is 2.24. The molecule has 0 aliphatic rings. The largest absolute Gasteiger partial charge is 0.399 e. The molecule has 1 aromatic carbocycles. The lowest BCUT2D eigenvalue weighted by Crippen LogP contribution is -2.13. The molecular formula is C13H12BrN3O. The summed E-state index contributed by atoms with van der Waals surface area (Å²) in [5, 5.41) is 2.78. The molecule has 1 aromatic heterocycles. The number of nitrogens with zero attached hydrogens (tertiary/aromatic N) is 1. The first kappa shape index (κ1) is 12.6. The number of carbonyl (C=O) groups excluding carboxylic acids is 1. The first-order chi connectivity index (χ1) is 8.56. The predicted molar refractivity (Wildman–Crippen MR) is 75.5 cm³/mol. The summed E-state index contributed by atoms with van der Waals surface area (Å²) in [6, 6.07) is 6.96. The maximum absolute atomic E-state index is 12.1. The third kappa shape index (κ3) is 2.87. The van der Waals surface area contributed by atoms with E-state index in [1.54, 1.807) is 30.6 Å². The van der Waals surface area contributed by atoms with Crippen LogP contribution in [0.25, 0.3) is 0 Å². The number of nitrogen functional groups attached to an aromatic ring is 1. The minimum atomic E-state index is -0.221. The fourth-order valence-corrected chi connectivity index (χ4v) is 1.97. The van der Waals surface area contributed by atoms with Gasteiger partial charge >= 0.3 is 0 Å². The molecule has 1 amide bonds. The molecule has 3 N–H and O–H groups in total. The van der Waals surface area contributed by atoms with Crippen molar-refractivity contribution < 1.29 is 4.79 Å². The van der Waals surface area contributed by atoms with Crippen molar-refractivity contribution in [3.63, 3.8) is 0 Å². The van der Waals surface area contributed by atoms with Crippen molar-refractivity contribution >= 4 is 33.2 Å². The quantitative estimate of drug-likeness (QED) is 0.838. The van der Waals surface area contributed by atoms with E-state index in [2.05, 4.69) is 26.2 Å². The summed E-state index contributed by atoms with van der Waals surface area (Å²) in [4.78, 5) is 16.1. The number of nitrogens with one attached hydrogen (secondary N) is 1. The molecule has 18 heavy (non-hydrogen) atoms. The standard InChI is InChI=1S/C13H12BrN3O/c1-8-4-10(7-16-6-8)17-13(18)11-5-9(15)2-3-12(11)14/h2-7H,15H2,1H3,(H,17,18). The number of hydrogen-bond acceptors (Lipinski definition) is 3. The molecule has 4 nitrogen and oxygen atoms in total. The SMILES string of the molecule is Cc1cncc(NC(=O)c2cc(N)ccc2Br)c1. The molecule has 0 saturated carbocycles. The number of carbonyl (C=O) groups is 1. The molecule has 2 rings (SSSR count). The average Bonchev–Trinajstić information content (AvgIpc) is 2.32. The Morgan fingerprint density at radius 3 is 2.83 bits per heavy atom. The van der Waals surface area contributed by atoms with Crippen LogP contribution in [0.1, 0.15) is 15.9 Å². The second-order valence-electron chi connectivity index (χ2n) is 3.94. The maximum Gasteiger partial charge on any atom is 0.256 e. The van der Waals surface area contributed by atoms with E-state index in [1.165, 1.54) is 0 Å². The topological polar surface area (TPSA) is 68.0 Å². The van der Waals surface area contributed by atoms with Gasteiger partial charge in [-0.2, -0.15) is 0 Å². The lowest BCUT2D eigenvalue weighted by molar-refractivity contribution is 0.102. The number of aromatic nitrogens is 1. The van der Waals surface area contributed by atoms with Crippen LogP contribution in [-0.4, -0.2) is 10.9 Å². The summed E-state index contributed by atoms with van der Waals surface area (Å²) < 4.78 is 0.704. The normalized spacial score (nSPS) is 10.1. The van der Waals surface area contributed by atoms with Gasteiger partial charge in [0.2, 0.25) is 0 Å². The molecule has 92 valence electrons. The number of benzene rings is 1. The molecule has 0 atom stereocenters. The first-order valence-electron chi connectivity index (χ1n) is 5.34. The van der Waals surface area contributed by atoms with Gasteiger partial charge in [0.05, 0.1) is 17.4 Å². The van der Waals surface area contributed by atoms with Crippen LogP contribution in [-0.2, 0) is 0 Å². The van der Waals surface area contributed by atoms with Crippen LogP contribution in [0.4, 0.5) is 11.4 Å². The maximum atomic E-state index is 12.1. The van der Waals surface area contributed by atoms with Gasteiger partial charge in [0.25, 0.3) is 5.91 Å². The molecule has 0 spiro atoms. The third-order valence-electron chi connectivity index (χ3n) is 2.37. The fraction of sp³-hybridized carbons (Fsp3) is 0.0769. The fourth-order valence-electron chi connectivity index (χ4n) is 1.54. The summed E-state index contributed by atoms with van der Waals surface area (Å²) in [5.74, 6) is -0.221. The second kappa shape index (κ2) is 5.18. The van der Waals surface area contributed by atoms with Crippen molar-refractivity contribution in [1.82, 2.24) is 4.98 Å². The molecule has 0 bridgehead atoms. The van der Waals surface area contributed by atoms with Gasteiger partial charge in [-0.1, -0.05) is 0 Å². The zero-order chi connectivity index (χ0) is 13.1. The number of anilines is 2. The van der Waals surface area contributed by atoms with E-state index >= 15 is 0 Å². The zero-order valence-corrected chi connectivity index (χ0v) is 11.4. The Hall–Kier alpha value is -1.88. The Morgan fingerprint density at radius 2 is 2.11 bits per heavy atom. The Bertz CT molecular complexity index is 599. The average molecular weight is 306 g/mol. The Labute approximate surface area is 113 Å². The van der Waals surface area contributed by atoms with E-state index in [0.29, 0.717) is 21.4 Å². The molecule has 0 fully saturated rings. The van der Waals surface area contributed by atoms with Gasteiger partial charge in [0.1, 0.15) is 0 Å². The number of hydrogen-bond donors (Lipinski definition) is 2. The van der Waals surface area contributed by atoms with Crippen LogP contribution < -0.4 is 11.1 Å². The van der Waals surface area contributed by atoms with Gasteiger partial charge in [0.15, 0.2) is 0 Å². The van der Waals surface area contributed by atoms with Crippen LogP contribution in [0.2, 0.25) is 0 Å². The second-order valence-corrected chi connectivity index (χ2v) is 4.80. The van der Waals surface area contributed by atoms with Crippen molar-refractivity contribution in [2.45, 2.75) is 6.92 Å². The Kier molecular flexibility index (Phi) is 3.62. The minimum Gasteiger partial charge on any atom is -0.399 e. The van der Waals surface area contributed by atoms with Crippen LogP contribution in [0.3, 0.4) is 0 Å². The van der Waals surface area contributed by atoms with Gasteiger partial charge in [-0.05, 0) is 52.7 Å². The number of aryl methyl sites for hydroxylation is 1. The summed E-state index contributed by atoms with van der Waals surface area (Å²) >= 11 is 3.33. The highest BCUT2D eigenvalue weighted by atomic mass is 79.9. The lowest BCUT2D eigenvalue weighted by atomic mass is 10.2. The highest BCUT2D eigenvalue weighted by molar-refractivity contribution is 9.10. The smallest absolute Gasteiger partial charge is 0.256 e. The molecule has 1 heterocycles. The number of rotatable bonds is 2. The van der Waals surface area contributed by atoms with E-state index in [4.69, 9.17) is 5.73 Å². The molecule has 0 unspecified atom stereocenters. The minimum absolute atomic E-state index is 0.221. The van der Waals surface area contributed by atoms with E-state index in [-0.39, 0.29) is 5.91 Å². The van der Waals surface area contributed by atoms with E-state index in [0.717, 1.165) is 5.56 Å². The molecule has 0 radical (unpaired) electrons. The molecule has 2 aromatic rings. The number of halogens is 1. The monoisotopic (exact) mass is 305 g/mol. The van der Waals surface area contributed by atoms with E-state index in [9.17, 15) is 4.79 Å². The van der Waals surface area contributed by atoms with Crippen molar-refractivity contribution in [1.29, 1.82) is 0 Å². The summed E-state index contributed by atoms with van der Waals surface area (Å²) in [5.41, 5.74) is 8.36. The number of pyridine rings is 1. The molecule has 5 heteroatoms. The van der Waals surface area contributed by atoms with Crippen LogP contribution in [0.5, 0.6) is 0 Å².